The third kappa shape index (κ3) is 3.19. The highest BCUT2D eigenvalue weighted by atomic mass is 16.4. The summed E-state index contributed by atoms with van der Waals surface area (Å²) in [5, 5.41) is 10.1. The van der Waals surface area contributed by atoms with Gasteiger partial charge in [-0.2, -0.15) is 0 Å². The summed E-state index contributed by atoms with van der Waals surface area (Å²) in [6.07, 6.45) is 1.06. The molecule has 2 rings (SSSR count). The van der Waals surface area contributed by atoms with E-state index in [4.69, 9.17) is 4.42 Å². The maximum atomic E-state index is 11.9. The molecule has 5 nitrogen and oxygen atoms in total. The van der Waals surface area contributed by atoms with Crippen molar-refractivity contribution < 1.29 is 9.21 Å². The minimum atomic E-state index is -0.387. The van der Waals surface area contributed by atoms with E-state index >= 15 is 0 Å². The van der Waals surface area contributed by atoms with Crippen LogP contribution in [0.3, 0.4) is 0 Å². The number of carbonyl (C=O) groups excluding carboxylic acids is 1. The summed E-state index contributed by atoms with van der Waals surface area (Å²) in [5.74, 6) is 0.425. The normalized spacial score (nSPS) is 12.2. The van der Waals surface area contributed by atoms with Crippen LogP contribution in [0.5, 0.6) is 0 Å². The van der Waals surface area contributed by atoms with Crippen molar-refractivity contribution in [2.24, 2.45) is 0 Å². The number of benzene rings is 1. The second-order valence-electron chi connectivity index (χ2n) is 4.52. The van der Waals surface area contributed by atoms with Crippen LogP contribution in [-0.4, -0.2) is 16.1 Å². The van der Waals surface area contributed by atoms with Crippen LogP contribution in [0.4, 0.5) is 5.69 Å². The van der Waals surface area contributed by atoms with Gasteiger partial charge in [0.1, 0.15) is 0 Å². The molecule has 0 aliphatic carbocycles. The molecule has 0 fully saturated rings. The van der Waals surface area contributed by atoms with Crippen LogP contribution in [0.1, 0.15) is 48.3 Å². The van der Waals surface area contributed by atoms with Gasteiger partial charge in [-0.1, -0.05) is 26.0 Å². The molecule has 19 heavy (non-hydrogen) atoms. The molecule has 1 unspecified atom stereocenters. The molecule has 1 atom stereocenters. The predicted molar refractivity (Wildman–Crippen MR) is 72.1 cm³/mol. The van der Waals surface area contributed by atoms with Crippen LogP contribution in [0.25, 0.3) is 0 Å². The smallest absolute Gasteiger partial charge is 0.313 e. The third-order valence-corrected chi connectivity index (χ3v) is 3.05. The highest BCUT2D eigenvalue weighted by Gasteiger charge is 2.13. The van der Waals surface area contributed by atoms with Crippen molar-refractivity contribution in [3.63, 3.8) is 0 Å². The molecule has 0 aliphatic heterocycles. The Balaban J connectivity index is 2.13. The van der Waals surface area contributed by atoms with Gasteiger partial charge in [-0.05, 0) is 30.0 Å². The molecule has 0 saturated heterocycles. The molecule has 0 aliphatic rings. The Morgan fingerprint density at radius 2 is 2.21 bits per heavy atom. The van der Waals surface area contributed by atoms with E-state index in [1.807, 2.05) is 18.2 Å². The summed E-state index contributed by atoms with van der Waals surface area (Å²) in [5.41, 5.74) is 1.93. The average molecular weight is 259 g/mol. The van der Waals surface area contributed by atoms with Crippen LogP contribution >= 0.6 is 0 Å². The Hall–Kier alpha value is -2.17. The first-order valence-electron chi connectivity index (χ1n) is 6.31. The van der Waals surface area contributed by atoms with Crippen LogP contribution < -0.4 is 5.32 Å². The Bertz CT molecular complexity index is 578. The van der Waals surface area contributed by atoms with E-state index < -0.39 is 0 Å². The molecule has 1 aromatic carbocycles. The molecule has 0 spiro atoms. The Morgan fingerprint density at radius 3 is 2.84 bits per heavy atom. The van der Waals surface area contributed by atoms with Gasteiger partial charge < -0.3 is 9.73 Å². The van der Waals surface area contributed by atoms with E-state index in [1.165, 1.54) is 5.56 Å². The Kier molecular flexibility index (Phi) is 3.94. The summed E-state index contributed by atoms with van der Waals surface area (Å²) >= 11 is 0. The van der Waals surface area contributed by atoms with E-state index in [2.05, 4.69) is 35.4 Å². The molecular formula is C14H17N3O2. The van der Waals surface area contributed by atoms with Gasteiger partial charge in [-0.3, -0.25) is 4.79 Å². The van der Waals surface area contributed by atoms with Crippen molar-refractivity contribution in [2.75, 3.05) is 5.32 Å². The molecule has 0 bridgehead atoms. The molecule has 5 heteroatoms. The summed E-state index contributed by atoms with van der Waals surface area (Å²) in [7, 11) is 0. The van der Waals surface area contributed by atoms with Crippen molar-refractivity contribution in [3.8, 4) is 0 Å². The maximum absolute atomic E-state index is 11.9. The minimum absolute atomic E-state index is 0.0218. The predicted octanol–water partition coefficient (Wildman–Crippen LogP) is 3.14. The SMILES string of the molecule is CCC(C)c1cccc(NC(=O)c2nnc(C)o2)c1. The molecular weight excluding hydrogens is 242 g/mol. The van der Waals surface area contributed by atoms with Crippen LogP contribution in [-0.2, 0) is 0 Å². The number of aromatic nitrogens is 2. The van der Waals surface area contributed by atoms with Crippen molar-refractivity contribution in [1.82, 2.24) is 10.2 Å². The molecule has 1 N–H and O–H groups in total. The number of hydrogen-bond donors (Lipinski definition) is 1. The second-order valence-corrected chi connectivity index (χ2v) is 4.52. The van der Waals surface area contributed by atoms with Gasteiger partial charge in [-0.25, -0.2) is 0 Å². The van der Waals surface area contributed by atoms with Crippen molar-refractivity contribution in [1.29, 1.82) is 0 Å². The van der Waals surface area contributed by atoms with Crippen LogP contribution in [0.2, 0.25) is 0 Å². The van der Waals surface area contributed by atoms with Gasteiger partial charge in [0.05, 0.1) is 0 Å². The van der Waals surface area contributed by atoms with Crippen molar-refractivity contribution in [3.05, 3.63) is 41.6 Å². The summed E-state index contributed by atoms with van der Waals surface area (Å²) in [6.45, 7) is 5.94. The van der Waals surface area contributed by atoms with Gasteiger partial charge in [0, 0.05) is 12.6 Å². The number of aryl methyl sites for hydroxylation is 1. The van der Waals surface area contributed by atoms with Gasteiger partial charge in [0.15, 0.2) is 0 Å². The third-order valence-electron chi connectivity index (χ3n) is 3.05. The number of hydrogen-bond acceptors (Lipinski definition) is 4. The molecule has 1 amide bonds. The van der Waals surface area contributed by atoms with Gasteiger partial charge in [0.25, 0.3) is 0 Å². The first-order valence-corrected chi connectivity index (χ1v) is 6.31. The lowest BCUT2D eigenvalue weighted by Crippen LogP contribution is -2.12. The molecule has 100 valence electrons. The topological polar surface area (TPSA) is 68.0 Å². The molecule has 0 saturated carbocycles. The Morgan fingerprint density at radius 1 is 1.42 bits per heavy atom. The van der Waals surface area contributed by atoms with Crippen LogP contribution in [0, 0.1) is 6.92 Å². The number of nitrogens with one attached hydrogen (secondary N) is 1. The number of rotatable bonds is 4. The monoisotopic (exact) mass is 259 g/mol. The average Bonchev–Trinajstić information content (AvgIpc) is 2.85. The molecule has 1 heterocycles. The van der Waals surface area contributed by atoms with Crippen LogP contribution in [0.15, 0.2) is 28.7 Å². The zero-order chi connectivity index (χ0) is 13.8. The highest BCUT2D eigenvalue weighted by Crippen LogP contribution is 2.21. The fourth-order valence-corrected chi connectivity index (χ4v) is 1.73. The first-order chi connectivity index (χ1) is 9.10. The van der Waals surface area contributed by atoms with Crippen molar-refractivity contribution in [2.45, 2.75) is 33.1 Å². The van der Waals surface area contributed by atoms with E-state index in [-0.39, 0.29) is 11.8 Å². The number of nitrogens with zero attached hydrogens (tertiary/aromatic N) is 2. The summed E-state index contributed by atoms with van der Waals surface area (Å²) in [6, 6.07) is 7.79. The maximum Gasteiger partial charge on any atom is 0.313 e. The van der Waals surface area contributed by atoms with Crippen molar-refractivity contribution >= 4 is 11.6 Å². The fraction of sp³-hybridized carbons (Fsp3) is 0.357. The largest absolute Gasteiger partial charge is 0.417 e. The number of carbonyl (C=O) groups is 1. The standard InChI is InChI=1S/C14H17N3O2/c1-4-9(2)11-6-5-7-12(8-11)15-13(18)14-17-16-10(3)19-14/h5-9H,4H2,1-3H3,(H,15,18). The first kappa shape index (κ1) is 13.3. The zero-order valence-electron chi connectivity index (χ0n) is 11.3. The minimum Gasteiger partial charge on any atom is -0.417 e. The van der Waals surface area contributed by atoms with E-state index in [0.29, 0.717) is 11.8 Å². The quantitative estimate of drug-likeness (QED) is 0.915. The van der Waals surface area contributed by atoms with Gasteiger partial charge in [-0.15, -0.1) is 10.2 Å². The Labute approximate surface area is 112 Å². The zero-order valence-corrected chi connectivity index (χ0v) is 11.3. The molecule has 2 aromatic rings. The lowest BCUT2D eigenvalue weighted by molar-refractivity contribution is 0.0989. The van der Waals surface area contributed by atoms with E-state index in [9.17, 15) is 4.79 Å². The molecule has 0 radical (unpaired) electrons. The lowest BCUT2D eigenvalue weighted by Gasteiger charge is -2.10. The van der Waals surface area contributed by atoms with Gasteiger partial charge >= 0.3 is 11.8 Å². The fourth-order valence-electron chi connectivity index (χ4n) is 1.73. The highest BCUT2D eigenvalue weighted by molar-refractivity contribution is 6.00. The van der Waals surface area contributed by atoms with Gasteiger partial charge in [0.2, 0.25) is 5.89 Å². The number of amides is 1. The molecule has 1 aromatic heterocycles. The summed E-state index contributed by atoms with van der Waals surface area (Å²) < 4.78 is 5.08. The lowest BCUT2D eigenvalue weighted by atomic mass is 9.98. The van der Waals surface area contributed by atoms with E-state index in [1.54, 1.807) is 6.92 Å². The number of anilines is 1. The summed E-state index contributed by atoms with van der Waals surface area (Å²) in [4.78, 5) is 11.9. The second kappa shape index (κ2) is 5.65. The van der Waals surface area contributed by atoms with E-state index in [0.717, 1.165) is 12.1 Å².